The molecular weight excluding hydrogens is 382 g/mol. The molecule has 0 spiro atoms. The number of fused-ring (bicyclic) bond motifs is 1. The molecule has 0 aliphatic carbocycles. The number of aryl methyl sites for hydroxylation is 2. The minimum absolute atomic E-state index is 0.0492. The number of nitrogens with zero attached hydrogens (tertiary/aromatic N) is 3. The van der Waals surface area contributed by atoms with E-state index in [1.54, 1.807) is 11.3 Å². The van der Waals surface area contributed by atoms with Crippen LogP contribution in [0, 0.1) is 13.8 Å². The van der Waals surface area contributed by atoms with Crippen LogP contribution >= 0.6 is 11.3 Å². The predicted molar refractivity (Wildman–Crippen MR) is 121 cm³/mol. The fraction of sp³-hybridized carbons (Fsp3) is 0.391. The van der Waals surface area contributed by atoms with Crippen LogP contribution in [0.2, 0.25) is 0 Å². The van der Waals surface area contributed by atoms with Gasteiger partial charge in [-0.25, -0.2) is 4.98 Å². The van der Waals surface area contributed by atoms with Crippen molar-refractivity contribution in [2.75, 3.05) is 38.7 Å². The summed E-state index contributed by atoms with van der Waals surface area (Å²) in [6.07, 6.45) is 1.22. The van der Waals surface area contributed by atoms with E-state index < -0.39 is 0 Å². The van der Waals surface area contributed by atoms with E-state index in [1.807, 2.05) is 49.3 Å². The van der Waals surface area contributed by atoms with Crippen LogP contribution in [-0.4, -0.2) is 49.6 Å². The number of hydrogen-bond acceptors (Lipinski definition) is 5. The molecule has 0 fully saturated rings. The van der Waals surface area contributed by atoms with Gasteiger partial charge in [-0.2, -0.15) is 0 Å². The molecule has 0 bridgehead atoms. The Morgan fingerprint density at radius 1 is 1.10 bits per heavy atom. The van der Waals surface area contributed by atoms with Crippen LogP contribution in [0.1, 0.15) is 24.0 Å². The number of para-hydroxylation sites is 1. The first-order valence-corrected chi connectivity index (χ1v) is 10.8. The molecule has 2 aromatic carbocycles. The molecule has 29 heavy (non-hydrogen) atoms. The number of carbonyl (C=O) groups excluding carboxylic acids is 1. The number of anilines is 1. The van der Waals surface area contributed by atoms with Crippen LogP contribution in [0.15, 0.2) is 42.5 Å². The van der Waals surface area contributed by atoms with E-state index >= 15 is 0 Å². The predicted octanol–water partition coefficient (Wildman–Crippen LogP) is 4.67. The number of carbonyl (C=O) groups is 1. The number of aromatic nitrogens is 1. The molecule has 0 N–H and O–H groups in total. The maximum atomic E-state index is 13.0. The van der Waals surface area contributed by atoms with Crippen LogP contribution in [0.25, 0.3) is 10.2 Å². The fourth-order valence-electron chi connectivity index (χ4n) is 3.26. The van der Waals surface area contributed by atoms with Gasteiger partial charge in [-0.1, -0.05) is 35.6 Å². The number of amides is 1. The Morgan fingerprint density at radius 2 is 1.86 bits per heavy atom. The molecule has 0 saturated carbocycles. The van der Waals surface area contributed by atoms with Crippen LogP contribution in [0.3, 0.4) is 0 Å². The van der Waals surface area contributed by atoms with Gasteiger partial charge in [-0.05, 0) is 70.2 Å². The first-order chi connectivity index (χ1) is 13.9. The summed E-state index contributed by atoms with van der Waals surface area (Å²) in [4.78, 5) is 21.8. The zero-order chi connectivity index (χ0) is 20.8. The van der Waals surface area contributed by atoms with Gasteiger partial charge < -0.3 is 9.64 Å². The van der Waals surface area contributed by atoms with Crippen molar-refractivity contribution in [2.24, 2.45) is 0 Å². The number of benzene rings is 2. The lowest BCUT2D eigenvalue weighted by Gasteiger charge is -2.21. The number of hydrogen-bond donors (Lipinski definition) is 0. The average Bonchev–Trinajstić information content (AvgIpc) is 3.09. The van der Waals surface area contributed by atoms with Gasteiger partial charge >= 0.3 is 0 Å². The summed E-state index contributed by atoms with van der Waals surface area (Å²) in [6.45, 7) is 6.11. The lowest BCUT2D eigenvalue weighted by molar-refractivity contribution is -0.119. The van der Waals surface area contributed by atoms with Gasteiger partial charge in [-0.3, -0.25) is 9.69 Å². The van der Waals surface area contributed by atoms with E-state index in [4.69, 9.17) is 9.72 Å². The first kappa shape index (κ1) is 21.3. The quantitative estimate of drug-likeness (QED) is 0.513. The molecule has 0 unspecified atom stereocenters. The van der Waals surface area contributed by atoms with Gasteiger partial charge in [0.1, 0.15) is 5.75 Å². The highest BCUT2D eigenvalue weighted by atomic mass is 32.1. The molecule has 0 radical (unpaired) electrons. The third-order valence-corrected chi connectivity index (χ3v) is 5.89. The monoisotopic (exact) mass is 411 g/mol. The van der Waals surface area contributed by atoms with Crippen molar-refractivity contribution in [3.8, 4) is 5.75 Å². The summed E-state index contributed by atoms with van der Waals surface area (Å²) in [5.74, 6) is 0.832. The second-order valence-electron chi connectivity index (χ2n) is 7.54. The molecule has 0 saturated heterocycles. The van der Waals surface area contributed by atoms with Crippen LogP contribution in [0.4, 0.5) is 5.13 Å². The molecule has 0 atom stereocenters. The van der Waals surface area contributed by atoms with E-state index in [0.29, 0.717) is 19.6 Å². The SMILES string of the molecule is Cc1cc(C)c2sc(N(CCCN(C)C)C(=O)CCOc3ccccc3)nc2c1. The highest BCUT2D eigenvalue weighted by Crippen LogP contribution is 2.32. The van der Waals surface area contributed by atoms with E-state index in [0.717, 1.165) is 34.1 Å². The summed E-state index contributed by atoms with van der Waals surface area (Å²) < 4.78 is 6.88. The summed E-state index contributed by atoms with van der Waals surface area (Å²) in [5.41, 5.74) is 3.36. The van der Waals surface area contributed by atoms with Gasteiger partial charge in [0.05, 0.1) is 23.2 Å². The molecule has 0 aliphatic rings. The molecule has 5 nitrogen and oxygen atoms in total. The Kier molecular flexibility index (Phi) is 7.23. The van der Waals surface area contributed by atoms with E-state index in [2.05, 4.69) is 30.9 Å². The van der Waals surface area contributed by atoms with E-state index in [1.165, 1.54) is 11.1 Å². The minimum atomic E-state index is 0.0492. The summed E-state index contributed by atoms with van der Waals surface area (Å²) in [6, 6.07) is 13.9. The summed E-state index contributed by atoms with van der Waals surface area (Å²) in [7, 11) is 4.09. The highest BCUT2D eigenvalue weighted by Gasteiger charge is 2.20. The Labute approximate surface area is 176 Å². The van der Waals surface area contributed by atoms with Crippen molar-refractivity contribution >= 4 is 32.6 Å². The minimum Gasteiger partial charge on any atom is -0.493 e. The lowest BCUT2D eigenvalue weighted by Crippen LogP contribution is -2.34. The van der Waals surface area contributed by atoms with Crippen LogP contribution in [-0.2, 0) is 4.79 Å². The maximum absolute atomic E-state index is 13.0. The van der Waals surface area contributed by atoms with Gasteiger partial charge in [0, 0.05) is 6.54 Å². The normalized spacial score (nSPS) is 11.2. The van der Waals surface area contributed by atoms with E-state index in [-0.39, 0.29) is 5.91 Å². The molecular formula is C23H29N3O2S. The molecule has 0 aliphatic heterocycles. The molecule has 1 amide bonds. The Balaban J connectivity index is 1.74. The molecule has 1 aromatic heterocycles. The third-order valence-electron chi connectivity index (χ3n) is 4.66. The number of thiazole rings is 1. The maximum Gasteiger partial charge on any atom is 0.232 e. The van der Waals surface area contributed by atoms with Gasteiger partial charge in [0.25, 0.3) is 0 Å². The molecule has 6 heteroatoms. The van der Waals surface area contributed by atoms with Crippen molar-refractivity contribution in [3.63, 3.8) is 0 Å². The Morgan fingerprint density at radius 3 is 2.59 bits per heavy atom. The van der Waals surface area contributed by atoms with Gasteiger partial charge in [-0.15, -0.1) is 0 Å². The largest absolute Gasteiger partial charge is 0.493 e. The molecule has 1 heterocycles. The van der Waals surface area contributed by atoms with Crippen molar-refractivity contribution in [2.45, 2.75) is 26.7 Å². The summed E-state index contributed by atoms with van der Waals surface area (Å²) >= 11 is 1.60. The van der Waals surface area contributed by atoms with Gasteiger partial charge in [0.2, 0.25) is 5.91 Å². The first-order valence-electron chi connectivity index (χ1n) is 9.95. The average molecular weight is 412 g/mol. The number of rotatable bonds is 9. The fourth-order valence-corrected chi connectivity index (χ4v) is 4.32. The summed E-state index contributed by atoms with van der Waals surface area (Å²) in [5, 5.41) is 0.775. The van der Waals surface area contributed by atoms with Crippen molar-refractivity contribution in [1.29, 1.82) is 0 Å². The second-order valence-corrected chi connectivity index (χ2v) is 8.52. The van der Waals surface area contributed by atoms with Crippen LogP contribution in [0.5, 0.6) is 5.75 Å². The second kappa shape index (κ2) is 9.85. The number of ether oxygens (including phenoxy) is 1. The topological polar surface area (TPSA) is 45.7 Å². The zero-order valence-electron chi connectivity index (χ0n) is 17.6. The third kappa shape index (κ3) is 5.78. The van der Waals surface area contributed by atoms with Crippen molar-refractivity contribution < 1.29 is 9.53 Å². The van der Waals surface area contributed by atoms with Crippen molar-refractivity contribution in [1.82, 2.24) is 9.88 Å². The molecule has 3 rings (SSSR count). The zero-order valence-corrected chi connectivity index (χ0v) is 18.5. The van der Waals surface area contributed by atoms with Gasteiger partial charge in [0.15, 0.2) is 5.13 Å². The van der Waals surface area contributed by atoms with Crippen LogP contribution < -0.4 is 9.64 Å². The Bertz CT molecular complexity index is 953. The Hall–Kier alpha value is -2.44. The standard InChI is InChI=1S/C23H29N3O2S/c1-17-15-18(2)22-20(16-17)24-23(29-22)26(13-8-12-25(3)4)21(27)11-14-28-19-9-6-5-7-10-19/h5-7,9-10,15-16H,8,11-14H2,1-4H3. The molecule has 3 aromatic rings. The highest BCUT2D eigenvalue weighted by molar-refractivity contribution is 7.22. The van der Waals surface area contributed by atoms with Crippen molar-refractivity contribution in [3.05, 3.63) is 53.6 Å². The molecule has 154 valence electrons. The lowest BCUT2D eigenvalue weighted by atomic mass is 10.1. The van der Waals surface area contributed by atoms with E-state index in [9.17, 15) is 4.79 Å². The smallest absolute Gasteiger partial charge is 0.232 e.